The van der Waals surface area contributed by atoms with Crippen LogP contribution in [0.4, 0.5) is 0 Å². The zero-order valence-corrected chi connectivity index (χ0v) is 11.4. The van der Waals surface area contributed by atoms with E-state index < -0.39 is 0 Å². The van der Waals surface area contributed by atoms with Crippen molar-refractivity contribution in [3.63, 3.8) is 0 Å². The summed E-state index contributed by atoms with van der Waals surface area (Å²) in [5.41, 5.74) is 2.89. The molecule has 0 fully saturated rings. The van der Waals surface area contributed by atoms with Crippen LogP contribution in [0.25, 0.3) is 5.69 Å². The highest BCUT2D eigenvalue weighted by atomic mass is 16.1. The van der Waals surface area contributed by atoms with Crippen LogP contribution >= 0.6 is 0 Å². The first-order valence-corrected chi connectivity index (χ1v) is 6.42. The van der Waals surface area contributed by atoms with Crippen LogP contribution in [0.3, 0.4) is 0 Å². The first-order chi connectivity index (χ1) is 8.52. The summed E-state index contributed by atoms with van der Waals surface area (Å²) >= 11 is 0. The predicted molar refractivity (Wildman–Crippen MR) is 74.6 cm³/mol. The summed E-state index contributed by atoms with van der Waals surface area (Å²) < 4.78 is 1.64. The summed E-state index contributed by atoms with van der Waals surface area (Å²) in [7, 11) is 0. The Bertz CT molecular complexity index is 576. The fourth-order valence-electron chi connectivity index (χ4n) is 2.22. The fraction of sp³-hybridized carbons (Fsp3) is 0.400. The van der Waals surface area contributed by atoms with Gasteiger partial charge in [0.25, 0.3) is 5.56 Å². The lowest BCUT2D eigenvalue weighted by molar-refractivity contribution is 0.748. The van der Waals surface area contributed by atoms with Crippen molar-refractivity contribution in [2.24, 2.45) is 0 Å². The Hall–Kier alpha value is -1.77. The van der Waals surface area contributed by atoms with E-state index in [9.17, 15) is 4.79 Å². The molecule has 1 N–H and O–H groups in total. The fourth-order valence-corrected chi connectivity index (χ4v) is 2.22. The minimum atomic E-state index is 0.0694. The molecule has 0 unspecified atom stereocenters. The molecule has 0 radical (unpaired) electrons. The van der Waals surface area contributed by atoms with Gasteiger partial charge in [-0.15, -0.1) is 0 Å². The molecule has 3 heteroatoms. The Morgan fingerprint density at radius 1 is 1.00 bits per heavy atom. The Kier molecular flexibility index (Phi) is 3.41. The number of aromatic nitrogens is 2. The van der Waals surface area contributed by atoms with Gasteiger partial charge in [-0.2, -0.15) is 0 Å². The highest BCUT2D eigenvalue weighted by Gasteiger charge is 2.19. The van der Waals surface area contributed by atoms with Crippen molar-refractivity contribution in [2.75, 3.05) is 0 Å². The summed E-state index contributed by atoms with van der Waals surface area (Å²) in [5.74, 6) is 0.552. The number of hydrogen-bond acceptors (Lipinski definition) is 1. The van der Waals surface area contributed by atoms with E-state index in [2.05, 4.69) is 32.8 Å². The third kappa shape index (κ3) is 2.13. The molecule has 0 atom stereocenters. The molecule has 96 valence electrons. The molecule has 1 aromatic carbocycles. The molecule has 0 aliphatic rings. The molecular formula is C15H20N2O. The second-order valence-electron chi connectivity index (χ2n) is 5.22. The number of para-hydroxylation sites is 1. The maximum atomic E-state index is 12.5. The monoisotopic (exact) mass is 244 g/mol. The van der Waals surface area contributed by atoms with Crippen molar-refractivity contribution >= 4 is 0 Å². The van der Waals surface area contributed by atoms with Crippen molar-refractivity contribution in [1.82, 2.24) is 9.78 Å². The summed E-state index contributed by atoms with van der Waals surface area (Å²) in [6.45, 7) is 8.33. The van der Waals surface area contributed by atoms with E-state index in [-0.39, 0.29) is 11.5 Å². The van der Waals surface area contributed by atoms with E-state index in [1.807, 2.05) is 30.3 Å². The van der Waals surface area contributed by atoms with Gasteiger partial charge in [-0.3, -0.25) is 9.89 Å². The number of rotatable bonds is 3. The number of nitrogens with one attached hydrogen (secondary N) is 1. The molecule has 0 aliphatic carbocycles. The van der Waals surface area contributed by atoms with Gasteiger partial charge in [0, 0.05) is 11.3 Å². The van der Waals surface area contributed by atoms with Gasteiger partial charge in [0.1, 0.15) is 0 Å². The topological polar surface area (TPSA) is 37.8 Å². The average molecular weight is 244 g/mol. The summed E-state index contributed by atoms with van der Waals surface area (Å²) in [6.07, 6.45) is 0. The lowest BCUT2D eigenvalue weighted by atomic mass is 9.98. The Balaban J connectivity index is 2.65. The SMILES string of the molecule is CC(C)c1[nH]n(-c2ccccc2)c(=O)c1C(C)C. The molecule has 1 aromatic heterocycles. The van der Waals surface area contributed by atoms with Gasteiger partial charge in [0.15, 0.2) is 0 Å². The van der Waals surface area contributed by atoms with Crippen molar-refractivity contribution < 1.29 is 0 Å². The lowest BCUT2D eigenvalue weighted by Crippen LogP contribution is -2.18. The van der Waals surface area contributed by atoms with Gasteiger partial charge in [-0.25, -0.2) is 4.68 Å². The molecule has 0 saturated heterocycles. The van der Waals surface area contributed by atoms with E-state index in [1.165, 1.54) is 0 Å². The molecule has 2 rings (SSSR count). The minimum absolute atomic E-state index is 0.0694. The number of H-pyrrole nitrogens is 1. The second kappa shape index (κ2) is 4.84. The molecule has 0 amide bonds. The number of benzene rings is 1. The van der Waals surface area contributed by atoms with Gasteiger partial charge in [0.2, 0.25) is 0 Å². The number of aromatic amines is 1. The molecule has 3 nitrogen and oxygen atoms in total. The van der Waals surface area contributed by atoms with Crippen LogP contribution in [-0.2, 0) is 0 Å². The van der Waals surface area contributed by atoms with E-state index in [4.69, 9.17) is 0 Å². The maximum absolute atomic E-state index is 12.5. The number of hydrogen-bond donors (Lipinski definition) is 1. The zero-order valence-electron chi connectivity index (χ0n) is 11.4. The van der Waals surface area contributed by atoms with Gasteiger partial charge in [0.05, 0.1) is 5.69 Å². The highest BCUT2D eigenvalue weighted by molar-refractivity contribution is 5.34. The molecule has 2 aromatic rings. The van der Waals surface area contributed by atoms with E-state index >= 15 is 0 Å². The first-order valence-electron chi connectivity index (χ1n) is 6.42. The average Bonchev–Trinajstić information content (AvgIpc) is 2.68. The third-order valence-corrected chi connectivity index (χ3v) is 3.13. The Morgan fingerprint density at radius 2 is 1.61 bits per heavy atom. The standard InChI is InChI=1S/C15H20N2O/c1-10(2)13-14(11(3)4)16-17(15(13)18)12-8-6-5-7-9-12/h5-11,16H,1-4H3. The molecule has 1 heterocycles. The molecule has 0 saturated carbocycles. The summed E-state index contributed by atoms with van der Waals surface area (Å²) in [5, 5.41) is 3.25. The van der Waals surface area contributed by atoms with Gasteiger partial charge < -0.3 is 0 Å². The second-order valence-corrected chi connectivity index (χ2v) is 5.22. The quantitative estimate of drug-likeness (QED) is 0.882. The van der Waals surface area contributed by atoms with Crippen LogP contribution in [0.5, 0.6) is 0 Å². The van der Waals surface area contributed by atoms with Crippen molar-refractivity contribution in [3.8, 4) is 5.69 Å². The largest absolute Gasteiger partial charge is 0.294 e. The Labute approximate surface area is 107 Å². The predicted octanol–water partition coefficient (Wildman–Crippen LogP) is 3.41. The van der Waals surface area contributed by atoms with Gasteiger partial charge in [-0.05, 0) is 24.0 Å². The highest BCUT2D eigenvalue weighted by Crippen LogP contribution is 2.22. The van der Waals surface area contributed by atoms with Crippen molar-refractivity contribution in [3.05, 3.63) is 51.9 Å². The van der Waals surface area contributed by atoms with Crippen LogP contribution in [0, 0.1) is 0 Å². The van der Waals surface area contributed by atoms with Crippen LogP contribution in [0.15, 0.2) is 35.1 Å². The van der Waals surface area contributed by atoms with Crippen LogP contribution < -0.4 is 5.56 Å². The van der Waals surface area contributed by atoms with E-state index in [0.29, 0.717) is 5.92 Å². The third-order valence-electron chi connectivity index (χ3n) is 3.13. The van der Waals surface area contributed by atoms with Crippen LogP contribution in [0.2, 0.25) is 0 Å². The van der Waals surface area contributed by atoms with Crippen LogP contribution in [-0.4, -0.2) is 9.78 Å². The van der Waals surface area contributed by atoms with Crippen LogP contribution in [0.1, 0.15) is 50.8 Å². The molecular weight excluding hydrogens is 224 g/mol. The normalized spacial score (nSPS) is 11.4. The van der Waals surface area contributed by atoms with Crippen molar-refractivity contribution in [1.29, 1.82) is 0 Å². The first kappa shape index (κ1) is 12.7. The lowest BCUT2D eigenvalue weighted by Gasteiger charge is -2.07. The zero-order chi connectivity index (χ0) is 13.3. The van der Waals surface area contributed by atoms with Crippen molar-refractivity contribution in [2.45, 2.75) is 39.5 Å². The molecule has 0 spiro atoms. The molecule has 18 heavy (non-hydrogen) atoms. The van der Waals surface area contributed by atoms with E-state index in [1.54, 1.807) is 4.68 Å². The Morgan fingerprint density at radius 3 is 2.06 bits per heavy atom. The minimum Gasteiger partial charge on any atom is -0.294 e. The van der Waals surface area contributed by atoms with Gasteiger partial charge >= 0.3 is 0 Å². The van der Waals surface area contributed by atoms with E-state index in [0.717, 1.165) is 16.9 Å². The smallest absolute Gasteiger partial charge is 0.274 e. The van der Waals surface area contributed by atoms with Gasteiger partial charge in [-0.1, -0.05) is 45.9 Å². The summed E-state index contributed by atoms with van der Waals surface area (Å²) in [4.78, 5) is 12.5. The number of nitrogens with zero attached hydrogens (tertiary/aromatic N) is 1. The molecule has 0 aliphatic heterocycles. The summed E-state index contributed by atoms with van der Waals surface area (Å²) in [6, 6.07) is 9.70. The maximum Gasteiger partial charge on any atom is 0.274 e. The molecule has 0 bridgehead atoms.